The Labute approximate surface area is 121 Å². The Morgan fingerprint density at radius 1 is 1.32 bits per heavy atom. The Balaban J connectivity index is 2.26. The fourth-order valence-corrected chi connectivity index (χ4v) is 2.23. The molecule has 0 atom stereocenters. The van der Waals surface area contributed by atoms with Crippen molar-refractivity contribution in [1.29, 1.82) is 0 Å². The summed E-state index contributed by atoms with van der Waals surface area (Å²) in [5, 5.41) is 0. The minimum atomic E-state index is 0.407. The number of nitrogens with two attached hydrogens (primary N) is 1. The summed E-state index contributed by atoms with van der Waals surface area (Å²) in [6, 6.07) is 10.3. The molecule has 0 fully saturated rings. The van der Waals surface area contributed by atoms with E-state index in [1.807, 2.05) is 18.2 Å². The number of rotatable bonds is 5. The molecule has 0 unspecified atom stereocenters. The van der Waals surface area contributed by atoms with Crippen molar-refractivity contribution in [3.8, 4) is 0 Å². The van der Waals surface area contributed by atoms with Gasteiger partial charge in [0.25, 0.3) is 0 Å². The van der Waals surface area contributed by atoms with Crippen LogP contribution in [0.15, 0.2) is 41.0 Å². The molecule has 2 rings (SSSR count). The Bertz CT molecular complexity index is 532. The van der Waals surface area contributed by atoms with Crippen molar-refractivity contribution in [2.45, 2.75) is 13.5 Å². The molecule has 0 aliphatic heterocycles. The minimum Gasteiger partial charge on any atom is -0.351 e. The fraction of sp³-hybridized carbons (Fsp3) is 0.231. The van der Waals surface area contributed by atoms with Crippen LogP contribution >= 0.6 is 15.9 Å². The highest BCUT2D eigenvalue weighted by Gasteiger charge is 2.12. The molecule has 0 saturated carbocycles. The number of nitrogens with zero attached hydrogens (tertiary/aromatic N) is 3. The standard InChI is InChI=1S/C13H16BrN5/c1-2-19(9-10-6-4-3-5-7-10)12-11(14)8-16-13(17-12)18-15/h3-8H,2,9,15H2,1H3,(H,16,17,18). The Morgan fingerprint density at radius 3 is 2.68 bits per heavy atom. The van der Waals surface area contributed by atoms with Crippen LogP contribution in [0.5, 0.6) is 0 Å². The van der Waals surface area contributed by atoms with Gasteiger partial charge in [0.05, 0.1) is 4.47 Å². The van der Waals surface area contributed by atoms with Crippen LogP contribution < -0.4 is 16.2 Å². The predicted molar refractivity (Wildman–Crippen MR) is 80.7 cm³/mol. The zero-order chi connectivity index (χ0) is 13.7. The highest BCUT2D eigenvalue weighted by molar-refractivity contribution is 9.10. The van der Waals surface area contributed by atoms with Crippen LogP contribution in [0.2, 0.25) is 0 Å². The molecule has 0 bridgehead atoms. The third kappa shape index (κ3) is 3.42. The van der Waals surface area contributed by atoms with Crippen LogP contribution in [-0.4, -0.2) is 16.5 Å². The van der Waals surface area contributed by atoms with Crippen LogP contribution in [0.25, 0.3) is 0 Å². The van der Waals surface area contributed by atoms with Crippen molar-refractivity contribution < 1.29 is 0 Å². The van der Waals surface area contributed by atoms with E-state index in [1.165, 1.54) is 5.56 Å². The molecular weight excluding hydrogens is 306 g/mol. The number of hydrazine groups is 1. The minimum absolute atomic E-state index is 0.407. The summed E-state index contributed by atoms with van der Waals surface area (Å²) in [7, 11) is 0. The van der Waals surface area contributed by atoms with Gasteiger partial charge in [0.15, 0.2) is 0 Å². The van der Waals surface area contributed by atoms with Crippen LogP contribution in [0.4, 0.5) is 11.8 Å². The molecule has 1 aromatic heterocycles. The van der Waals surface area contributed by atoms with Crippen molar-refractivity contribution in [3.63, 3.8) is 0 Å². The van der Waals surface area contributed by atoms with Crippen molar-refractivity contribution in [3.05, 3.63) is 46.6 Å². The summed E-state index contributed by atoms with van der Waals surface area (Å²) in [6.45, 7) is 3.72. The molecule has 6 heteroatoms. The summed E-state index contributed by atoms with van der Waals surface area (Å²) in [4.78, 5) is 10.6. The molecule has 0 spiro atoms. The first-order valence-corrected chi connectivity index (χ1v) is 6.82. The lowest BCUT2D eigenvalue weighted by atomic mass is 10.2. The molecule has 1 aromatic carbocycles. The SMILES string of the molecule is CCN(Cc1ccccc1)c1nc(NN)ncc1Br. The van der Waals surface area contributed by atoms with Crippen LogP contribution in [-0.2, 0) is 6.54 Å². The normalized spacial score (nSPS) is 10.3. The average Bonchev–Trinajstić information content (AvgIpc) is 2.47. The molecular formula is C13H16BrN5. The molecule has 19 heavy (non-hydrogen) atoms. The van der Waals surface area contributed by atoms with E-state index in [0.29, 0.717) is 5.95 Å². The third-order valence-corrected chi connectivity index (χ3v) is 3.31. The van der Waals surface area contributed by atoms with Gasteiger partial charge in [-0.3, -0.25) is 5.43 Å². The van der Waals surface area contributed by atoms with Gasteiger partial charge >= 0.3 is 0 Å². The number of nitrogen functional groups attached to an aromatic ring is 1. The Kier molecular flexibility index (Phi) is 4.70. The zero-order valence-electron chi connectivity index (χ0n) is 10.7. The summed E-state index contributed by atoms with van der Waals surface area (Å²) in [5.74, 6) is 6.59. The first-order chi connectivity index (χ1) is 9.24. The molecule has 0 aliphatic carbocycles. The van der Waals surface area contributed by atoms with Gasteiger partial charge in [-0.15, -0.1) is 0 Å². The number of hydrogen-bond acceptors (Lipinski definition) is 5. The molecule has 0 saturated heterocycles. The molecule has 0 aliphatic rings. The number of aromatic nitrogens is 2. The van der Waals surface area contributed by atoms with Gasteiger partial charge in [-0.1, -0.05) is 30.3 Å². The van der Waals surface area contributed by atoms with Gasteiger partial charge in [0.2, 0.25) is 5.95 Å². The van der Waals surface area contributed by atoms with Gasteiger partial charge in [-0.25, -0.2) is 10.8 Å². The maximum Gasteiger partial charge on any atom is 0.239 e. The molecule has 100 valence electrons. The monoisotopic (exact) mass is 321 g/mol. The lowest BCUT2D eigenvalue weighted by molar-refractivity contribution is 0.807. The van der Waals surface area contributed by atoms with E-state index in [1.54, 1.807) is 6.20 Å². The van der Waals surface area contributed by atoms with E-state index in [4.69, 9.17) is 5.84 Å². The highest BCUT2D eigenvalue weighted by Crippen LogP contribution is 2.25. The molecule has 0 amide bonds. The smallest absolute Gasteiger partial charge is 0.239 e. The van der Waals surface area contributed by atoms with E-state index in [-0.39, 0.29) is 0 Å². The maximum absolute atomic E-state index is 5.35. The number of halogens is 1. The molecule has 1 heterocycles. The number of nitrogens with one attached hydrogen (secondary N) is 1. The van der Waals surface area contributed by atoms with Crippen molar-refractivity contribution in [2.24, 2.45) is 5.84 Å². The van der Waals surface area contributed by atoms with Crippen molar-refractivity contribution in [2.75, 3.05) is 16.9 Å². The van der Waals surface area contributed by atoms with Gasteiger partial charge in [0, 0.05) is 19.3 Å². The lowest BCUT2D eigenvalue weighted by Gasteiger charge is -2.23. The van der Waals surface area contributed by atoms with Crippen LogP contribution in [0.3, 0.4) is 0 Å². The second kappa shape index (κ2) is 6.49. The third-order valence-electron chi connectivity index (χ3n) is 2.75. The highest BCUT2D eigenvalue weighted by atomic mass is 79.9. The maximum atomic E-state index is 5.35. The average molecular weight is 322 g/mol. The quantitative estimate of drug-likeness (QED) is 0.654. The van der Waals surface area contributed by atoms with Crippen LogP contribution in [0.1, 0.15) is 12.5 Å². The second-order valence-electron chi connectivity index (χ2n) is 4.01. The summed E-state index contributed by atoms with van der Waals surface area (Å²) in [6.07, 6.45) is 1.70. The van der Waals surface area contributed by atoms with Gasteiger partial charge < -0.3 is 4.90 Å². The number of anilines is 2. The fourth-order valence-electron chi connectivity index (χ4n) is 1.79. The first kappa shape index (κ1) is 13.8. The Hall–Kier alpha value is -1.66. The summed E-state index contributed by atoms with van der Waals surface area (Å²) >= 11 is 3.48. The largest absolute Gasteiger partial charge is 0.351 e. The van der Waals surface area contributed by atoms with E-state index in [2.05, 4.69) is 55.3 Å². The molecule has 3 N–H and O–H groups in total. The van der Waals surface area contributed by atoms with E-state index >= 15 is 0 Å². The van der Waals surface area contributed by atoms with Crippen molar-refractivity contribution >= 4 is 27.7 Å². The molecule has 0 radical (unpaired) electrons. The predicted octanol–water partition coefficient (Wildman–Crippen LogP) is 2.55. The van der Waals surface area contributed by atoms with E-state index in [9.17, 15) is 0 Å². The Morgan fingerprint density at radius 2 is 2.05 bits per heavy atom. The van der Waals surface area contributed by atoms with Crippen LogP contribution in [0, 0.1) is 0 Å². The number of benzene rings is 1. The second-order valence-corrected chi connectivity index (χ2v) is 4.86. The van der Waals surface area contributed by atoms with E-state index < -0.39 is 0 Å². The molecule has 5 nitrogen and oxygen atoms in total. The topological polar surface area (TPSA) is 67.1 Å². The van der Waals surface area contributed by atoms with Gasteiger partial charge in [-0.05, 0) is 28.4 Å². The van der Waals surface area contributed by atoms with Gasteiger partial charge in [0.1, 0.15) is 5.82 Å². The molecule has 2 aromatic rings. The first-order valence-electron chi connectivity index (χ1n) is 6.02. The number of hydrogen-bond donors (Lipinski definition) is 2. The lowest BCUT2D eigenvalue weighted by Crippen LogP contribution is -2.24. The van der Waals surface area contributed by atoms with Gasteiger partial charge in [-0.2, -0.15) is 4.98 Å². The summed E-state index contributed by atoms with van der Waals surface area (Å²) in [5.41, 5.74) is 3.70. The zero-order valence-corrected chi connectivity index (χ0v) is 12.3. The summed E-state index contributed by atoms with van der Waals surface area (Å²) < 4.78 is 0.851. The van der Waals surface area contributed by atoms with E-state index in [0.717, 1.165) is 23.4 Å². The van der Waals surface area contributed by atoms with Crippen molar-refractivity contribution in [1.82, 2.24) is 9.97 Å².